The van der Waals surface area contributed by atoms with Crippen molar-refractivity contribution in [1.29, 1.82) is 0 Å². The summed E-state index contributed by atoms with van der Waals surface area (Å²) < 4.78 is 0. The van der Waals surface area contributed by atoms with Crippen molar-refractivity contribution in [3.8, 4) is 0 Å². The van der Waals surface area contributed by atoms with Crippen molar-refractivity contribution in [1.82, 2.24) is 16.0 Å². The van der Waals surface area contributed by atoms with Crippen LogP contribution in [0.25, 0.3) is 0 Å². The minimum Gasteiger partial charge on any atom is -0.481 e. The molecule has 8 heteroatoms. The number of carboxylic acids is 1. The molecule has 0 saturated heterocycles. The highest BCUT2D eigenvalue weighted by Crippen LogP contribution is 1.42. The molecule has 0 atom stereocenters. The number of aliphatic hydroxyl groups excluding tert-OH is 3. The van der Waals surface area contributed by atoms with Crippen LogP contribution in [0.5, 0.6) is 0 Å². The summed E-state index contributed by atoms with van der Waals surface area (Å²) in [5, 5.41) is 38.2. The molecular weight excluding hydrogens is 218 g/mol. The quantitative estimate of drug-likeness (QED) is 0.272. The van der Waals surface area contributed by atoms with Crippen molar-refractivity contribution in [3.05, 3.63) is 0 Å². The zero-order chi connectivity index (χ0) is 13.8. The van der Waals surface area contributed by atoms with Gasteiger partial charge < -0.3 is 20.4 Å². The maximum absolute atomic E-state index is 9.00. The maximum Gasteiger partial charge on any atom is 0.300 e. The van der Waals surface area contributed by atoms with Crippen LogP contribution < -0.4 is 16.0 Å². The third-order valence-corrected chi connectivity index (χ3v) is 0.474. The van der Waals surface area contributed by atoms with Gasteiger partial charge in [-0.05, 0) is 21.1 Å². The van der Waals surface area contributed by atoms with Crippen molar-refractivity contribution in [2.24, 2.45) is 0 Å². The lowest BCUT2D eigenvalue weighted by molar-refractivity contribution is -0.134. The van der Waals surface area contributed by atoms with E-state index in [2.05, 4.69) is 16.0 Å². The molecule has 0 aliphatic rings. The SMILES string of the molecule is CC(=O)O.CNCO.CNCO.CNCO. The molecule has 0 saturated carbocycles. The van der Waals surface area contributed by atoms with Gasteiger partial charge in [-0.1, -0.05) is 0 Å². The number of aliphatic hydroxyl groups is 3. The molecule has 8 nitrogen and oxygen atoms in total. The lowest BCUT2D eigenvalue weighted by Gasteiger charge is -1.76. The van der Waals surface area contributed by atoms with Gasteiger partial charge in [0.1, 0.15) is 0 Å². The summed E-state index contributed by atoms with van der Waals surface area (Å²) in [6.45, 7) is 1.29. The highest BCUT2D eigenvalue weighted by Gasteiger charge is 1.65. The van der Waals surface area contributed by atoms with Crippen LogP contribution in [0.4, 0.5) is 0 Å². The Kier molecular flexibility index (Phi) is 56.2. The number of hydrogen-bond acceptors (Lipinski definition) is 7. The van der Waals surface area contributed by atoms with Crippen LogP contribution in [0.15, 0.2) is 0 Å². The maximum atomic E-state index is 9.00. The van der Waals surface area contributed by atoms with E-state index in [0.717, 1.165) is 6.92 Å². The van der Waals surface area contributed by atoms with Crippen molar-refractivity contribution < 1.29 is 25.2 Å². The summed E-state index contributed by atoms with van der Waals surface area (Å²) in [6.07, 6.45) is 0. The van der Waals surface area contributed by atoms with Gasteiger partial charge in [0.05, 0.1) is 20.2 Å². The second-order valence-electron chi connectivity index (χ2n) is 2.05. The number of carbonyl (C=O) groups is 1. The zero-order valence-electron chi connectivity index (χ0n) is 10.3. The molecule has 7 N–H and O–H groups in total. The van der Waals surface area contributed by atoms with E-state index >= 15 is 0 Å². The largest absolute Gasteiger partial charge is 0.481 e. The first kappa shape index (κ1) is 24.5. The third-order valence-electron chi connectivity index (χ3n) is 0.474. The highest BCUT2D eigenvalue weighted by atomic mass is 16.4. The summed E-state index contributed by atoms with van der Waals surface area (Å²) in [4.78, 5) is 9.00. The first-order valence-corrected chi connectivity index (χ1v) is 4.44. The van der Waals surface area contributed by atoms with Gasteiger partial charge in [0.2, 0.25) is 0 Å². The van der Waals surface area contributed by atoms with Crippen LogP contribution in [-0.4, -0.2) is 67.7 Å². The molecule has 0 rings (SSSR count). The molecule has 0 spiro atoms. The van der Waals surface area contributed by atoms with E-state index in [1.165, 1.54) is 0 Å². The molecule has 0 fully saturated rings. The van der Waals surface area contributed by atoms with E-state index in [1.54, 1.807) is 21.1 Å². The Bertz CT molecular complexity index is 86.2. The second-order valence-corrected chi connectivity index (χ2v) is 2.05. The summed E-state index contributed by atoms with van der Waals surface area (Å²) in [6, 6.07) is 0. The Morgan fingerprint density at radius 1 is 0.875 bits per heavy atom. The van der Waals surface area contributed by atoms with Crippen molar-refractivity contribution in [3.63, 3.8) is 0 Å². The predicted octanol–water partition coefficient (Wildman–Crippen LogP) is -2.44. The van der Waals surface area contributed by atoms with Gasteiger partial charge >= 0.3 is 0 Å². The van der Waals surface area contributed by atoms with E-state index in [1.807, 2.05) is 0 Å². The van der Waals surface area contributed by atoms with Crippen LogP contribution in [-0.2, 0) is 4.79 Å². The summed E-state index contributed by atoms with van der Waals surface area (Å²) in [7, 11) is 5.04. The third kappa shape index (κ3) is 398. The number of rotatable bonds is 3. The normalized spacial score (nSPS) is 7.19. The van der Waals surface area contributed by atoms with E-state index in [0.29, 0.717) is 0 Å². The van der Waals surface area contributed by atoms with Crippen molar-refractivity contribution >= 4 is 5.97 Å². The topological polar surface area (TPSA) is 134 Å². The molecule has 0 aliphatic carbocycles. The number of aliphatic carboxylic acids is 1. The van der Waals surface area contributed by atoms with Gasteiger partial charge in [-0.2, -0.15) is 0 Å². The van der Waals surface area contributed by atoms with E-state index in [4.69, 9.17) is 25.2 Å². The minimum atomic E-state index is -0.833. The van der Waals surface area contributed by atoms with Gasteiger partial charge in [0, 0.05) is 6.92 Å². The van der Waals surface area contributed by atoms with Gasteiger partial charge in [-0.25, -0.2) is 0 Å². The first-order valence-electron chi connectivity index (χ1n) is 4.44. The standard InChI is InChI=1S/3C2H7NO.C2H4O2/c3*1-3-2-4;1-2(3)4/h3*3-4H,2H2,1H3;1H3,(H,3,4). The molecule has 16 heavy (non-hydrogen) atoms. The van der Waals surface area contributed by atoms with Crippen LogP contribution in [0.2, 0.25) is 0 Å². The van der Waals surface area contributed by atoms with E-state index < -0.39 is 5.97 Å². The Labute approximate surface area is 96.3 Å². The van der Waals surface area contributed by atoms with Gasteiger partial charge in [-0.15, -0.1) is 0 Å². The highest BCUT2D eigenvalue weighted by molar-refractivity contribution is 5.62. The smallest absolute Gasteiger partial charge is 0.300 e. The molecule has 0 aliphatic heterocycles. The molecule has 0 aromatic carbocycles. The molecule has 0 aromatic heterocycles. The predicted molar refractivity (Wildman–Crippen MR) is 61.7 cm³/mol. The fourth-order valence-electron chi connectivity index (χ4n) is 0. The molecule has 0 aromatic rings. The van der Waals surface area contributed by atoms with Gasteiger partial charge in [0.15, 0.2) is 0 Å². The molecule has 0 heterocycles. The lowest BCUT2D eigenvalue weighted by Crippen LogP contribution is -2.04. The van der Waals surface area contributed by atoms with Gasteiger partial charge in [-0.3, -0.25) is 20.7 Å². The number of carboxylic acid groups (broad SMARTS) is 1. The summed E-state index contributed by atoms with van der Waals surface area (Å²) in [5.74, 6) is -0.833. The minimum absolute atomic E-state index is 0.0694. The molecular formula is C8H25N3O5. The Balaban J connectivity index is -0.0000000600. The fraction of sp³-hybridized carbons (Fsp3) is 0.875. The molecule has 0 amide bonds. The first-order chi connectivity index (χ1) is 7.47. The van der Waals surface area contributed by atoms with Gasteiger partial charge in [0.25, 0.3) is 5.97 Å². The average Bonchev–Trinajstić information content (AvgIpc) is 2.28. The zero-order valence-corrected chi connectivity index (χ0v) is 10.3. The van der Waals surface area contributed by atoms with Crippen LogP contribution >= 0.6 is 0 Å². The molecule has 0 radical (unpaired) electrons. The average molecular weight is 243 g/mol. The van der Waals surface area contributed by atoms with Crippen molar-refractivity contribution in [2.75, 3.05) is 41.3 Å². The van der Waals surface area contributed by atoms with Crippen LogP contribution in [0.3, 0.4) is 0 Å². The Hall–Kier alpha value is -0.770. The number of hydrogen-bond donors (Lipinski definition) is 7. The van der Waals surface area contributed by atoms with Crippen molar-refractivity contribution in [2.45, 2.75) is 6.92 Å². The molecule has 102 valence electrons. The Morgan fingerprint density at radius 2 is 0.938 bits per heavy atom. The molecule has 0 unspecified atom stereocenters. The summed E-state index contributed by atoms with van der Waals surface area (Å²) in [5.41, 5.74) is 0. The monoisotopic (exact) mass is 243 g/mol. The van der Waals surface area contributed by atoms with E-state index in [-0.39, 0.29) is 20.2 Å². The fourth-order valence-corrected chi connectivity index (χ4v) is 0. The van der Waals surface area contributed by atoms with Crippen LogP contribution in [0.1, 0.15) is 6.92 Å². The molecule has 0 bridgehead atoms. The second kappa shape index (κ2) is 36.8. The summed E-state index contributed by atoms with van der Waals surface area (Å²) >= 11 is 0. The van der Waals surface area contributed by atoms with Crippen LogP contribution in [0, 0.1) is 0 Å². The Morgan fingerprint density at radius 3 is 0.938 bits per heavy atom. The number of nitrogens with one attached hydrogen (secondary N) is 3. The lowest BCUT2D eigenvalue weighted by atomic mass is 10.9. The van der Waals surface area contributed by atoms with E-state index in [9.17, 15) is 0 Å².